The first-order valence-corrected chi connectivity index (χ1v) is 22.4. The molecule has 0 aromatic heterocycles. The van der Waals surface area contributed by atoms with E-state index in [4.69, 9.17) is 4.74 Å². The van der Waals surface area contributed by atoms with E-state index in [1.165, 1.54) is 88.9 Å². The van der Waals surface area contributed by atoms with E-state index < -0.39 is 5.41 Å². The molecule has 1 atom stereocenters. The van der Waals surface area contributed by atoms with Crippen molar-refractivity contribution >= 4 is 44.2 Å². The summed E-state index contributed by atoms with van der Waals surface area (Å²) in [7, 11) is 0. The minimum Gasteiger partial charge on any atom is -0.455 e. The monoisotopic (exact) mass is 807 g/mol. The van der Waals surface area contributed by atoms with E-state index in [0.29, 0.717) is 5.92 Å². The van der Waals surface area contributed by atoms with E-state index in [-0.39, 0.29) is 5.41 Å². The Morgan fingerprint density at radius 1 is 0.492 bits per heavy atom. The number of fused-ring (bicyclic) bond motifs is 15. The fourth-order valence-electron chi connectivity index (χ4n) is 11.9. The second kappa shape index (κ2) is 13.3. The van der Waals surface area contributed by atoms with Gasteiger partial charge in [-0.25, -0.2) is 0 Å². The Labute approximate surface area is 369 Å². The van der Waals surface area contributed by atoms with Gasteiger partial charge in [-0.05, 0) is 91.9 Å². The maximum absolute atomic E-state index is 7.29. The van der Waals surface area contributed by atoms with Gasteiger partial charge in [0.2, 0.25) is 0 Å². The molecule has 2 heteroatoms. The topological polar surface area (TPSA) is 12.5 Å². The standard InChI is InChI=1S/C61H45NO/c1-38-27-34-48-47(37-38)57-50(60(48,2)3)23-13-25-55(57)62(43-32-28-40(29-33-43)39-15-5-4-6-16-39)54-26-14-24-51-56(54)46-21-11-12-22-49(46)61(51)52-35-30-41-17-7-9-19-44(41)58(52)63-59-45-20-10-8-18-42(45)31-36-53(59)61/h4-36,38H,37H2,1-3H3. The van der Waals surface area contributed by atoms with Crippen LogP contribution in [0.1, 0.15) is 60.6 Å². The minimum absolute atomic E-state index is 0.115. The van der Waals surface area contributed by atoms with Crippen LogP contribution in [0.2, 0.25) is 0 Å². The molecule has 0 saturated heterocycles. The molecule has 1 unspecified atom stereocenters. The first kappa shape index (κ1) is 36.3. The quantitative estimate of drug-likeness (QED) is 0.176. The molecule has 0 fully saturated rings. The molecule has 2 nitrogen and oxygen atoms in total. The number of ether oxygens (including phenoxy) is 1. The van der Waals surface area contributed by atoms with Gasteiger partial charge in [0.1, 0.15) is 11.5 Å². The summed E-state index contributed by atoms with van der Waals surface area (Å²) < 4.78 is 7.29. The van der Waals surface area contributed by atoms with Gasteiger partial charge >= 0.3 is 0 Å². The normalized spacial score (nSPS) is 16.8. The van der Waals surface area contributed by atoms with Crippen LogP contribution in [0.4, 0.5) is 17.1 Å². The molecule has 13 rings (SSSR count). The van der Waals surface area contributed by atoms with Gasteiger partial charge in [0.15, 0.2) is 0 Å². The molecule has 1 heterocycles. The molecule has 0 N–H and O–H groups in total. The summed E-state index contributed by atoms with van der Waals surface area (Å²) in [6.45, 7) is 7.17. The molecular weight excluding hydrogens is 763 g/mol. The van der Waals surface area contributed by atoms with Crippen molar-refractivity contribution in [1.82, 2.24) is 0 Å². The Kier molecular flexibility index (Phi) is 7.65. The Balaban J connectivity index is 1.14. The lowest BCUT2D eigenvalue weighted by atomic mass is 9.65. The predicted octanol–water partition coefficient (Wildman–Crippen LogP) is 16.2. The second-order valence-corrected chi connectivity index (χ2v) is 18.4. The fourth-order valence-corrected chi connectivity index (χ4v) is 11.9. The van der Waals surface area contributed by atoms with Crippen LogP contribution in [-0.4, -0.2) is 0 Å². The highest BCUT2D eigenvalue weighted by Crippen LogP contribution is 2.66. The van der Waals surface area contributed by atoms with Crippen LogP contribution >= 0.6 is 0 Å². The summed E-state index contributed by atoms with van der Waals surface area (Å²) >= 11 is 0. The largest absolute Gasteiger partial charge is 0.455 e. The van der Waals surface area contributed by atoms with Gasteiger partial charge in [-0.15, -0.1) is 0 Å². The van der Waals surface area contributed by atoms with Crippen molar-refractivity contribution in [2.24, 2.45) is 5.92 Å². The van der Waals surface area contributed by atoms with Gasteiger partial charge in [0.25, 0.3) is 0 Å². The van der Waals surface area contributed by atoms with E-state index in [1.54, 1.807) is 0 Å². The van der Waals surface area contributed by atoms with Crippen molar-refractivity contribution in [2.45, 2.75) is 38.0 Å². The van der Waals surface area contributed by atoms with Gasteiger partial charge in [-0.2, -0.15) is 0 Å². The van der Waals surface area contributed by atoms with Crippen LogP contribution in [0.5, 0.6) is 11.5 Å². The second-order valence-electron chi connectivity index (χ2n) is 18.4. The molecule has 63 heavy (non-hydrogen) atoms. The average Bonchev–Trinajstić information content (AvgIpc) is 3.75. The molecule has 0 bridgehead atoms. The number of allylic oxidation sites excluding steroid dienone is 4. The van der Waals surface area contributed by atoms with Gasteiger partial charge in [-0.1, -0.05) is 197 Å². The van der Waals surface area contributed by atoms with Crippen LogP contribution in [0, 0.1) is 5.92 Å². The van der Waals surface area contributed by atoms with Crippen molar-refractivity contribution in [3.05, 3.63) is 239 Å². The number of rotatable bonds is 4. The number of hydrogen-bond donors (Lipinski definition) is 0. The lowest BCUT2D eigenvalue weighted by Crippen LogP contribution is -2.32. The summed E-state index contributed by atoms with van der Waals surface area (Å²) in [6.07, 6.45) is 5.84. The Bertz CT molecular complexity index is 3360. The zero-order chi connectivity index (χ0) is 42.0. The third kappa shape index (κ3) is 4.95. The van der Waals surface area contributed by atoms with Crippen molar-refractivity contribution in [3.63, 3.8) is 0 Å². The van der Waals surface area contributed by atoms with Crippen LogP contribution in [0.3, 0.4) is 0 Å². The zero-order valence-corrected chi connectivity index (χ0v) is 35.7. The Morgan fingerprint density at radius 2 is 1.06 bits per heavy atom. The third-order valence-corrected chi connectivity index (χ3v) is 14.7. The van der Waals surface area contributed by atoms with E-state index >= 15 is 0 Å². The lowest BCUT2D eigenvalue weighted by Gasteiger charge is -2.40. The molecule has 4 aliphatic rings. The van der Waals surface area contributed by atoms with Crippen LogP contribution in [-0.2, 0) is 10.8 Å². The van der Waals surface area contributed by atoms with Crippen molar-refractivity contribution in [2.75, 3.05) is 4.90 Å². The molecule has 0 radical (unpaired) electrons. The number of anilines is 3. The minimum atomic E-state index is -0.651. The first-order chi connectivity index (χ1) is 30.9. The molecule has 9 aromatic rings. The zero-order valence-electron chi connectivity index (χ0n) is 35.7. The Morgan fingerprint density at radius 3 is 1.76 bits per heavy atom. The smallest absolute Gasteiger partial charge is 0.140 e. The fraction of sp³-hybridized carbons (Fsp3) is 0.115. The summed E-state index contributed by atoms with van der Waals surface area (Å²) in [4.78, 5) is 2.58. The molecule has 0 saturated carbocycles. The molecule has 1 spiro atoms. The van der Waals surface area contributed by atoms with Gasteiger partial charge < -0.3 is 9.64 Å². The molecule has 3 aliphatic carbocycles. The van der Waals surface area contributed by atoms with Crippen molar-refractivity contribution in [1.29, 1.82) is 0 Å². The highest BCUT2D eigenvalue weighted by Gasteiger charge is 2.53. The number of hydrogen-bond acceptors (Lipinski definition) is 2. The van der Waals surface area contributed by atoms with E-state index in [9.17, 15) is 0 Å². The summed E-state index contributed by atoms with van der Waals surface area (Å²) in [5.41, 5.74) is 18.2. The summed E-state index contributed by atoms with van der Waals surface area (Å²) in [5.74, 6) is 2.33. The maximum Gasteiger partial charge on any atom is 0.140 e. The third-order valence-electron chi connectivity index (χ3n) is 14.7. The number of nitrogens with zero attached hydrogens (tertiary/aromatic N) is 1. The number of benzene rings is 9. The van der Waals surface area contributed by atoms with Crippen molar-refractivity contribution < 1.29 is 4.74 Å². The van der Waals surface area contributed by atoms with Gasteiger partial charge in [0, 0.05) is 44.1 Å². The van der Waals surface area contributed by atoms with Crippen LogP contribution in [0.25, 0.3) is 49.4 Å². The van der Waals surface area contributed by atoms with E-state index in [0.717, 1.165) is 34.4 Å². The predicted molar refractivity (Wildman–Crippen MR) is 262 cm³/mol. The molecule has 1 aliphatic heterocycles. The van der Waals surface area contributed by atoms with Gasteiger partial charge in [-0.3, -0.25) is 0 Å². The highest BCUT2D eigenvalue weighted by molar-refractivity contribution is 6.04. The highest BCUT2D eigenvalue weighted by atomic mass is 16.5. The van der Waals surface area contributed by atoms with Crippen LogP contribution in [0.15, 0.2) is 206 Å². The van der Waals surface area contributed by atoms with E-state index in [2.05, 4.69) is 226 Å². The molecule has 9 aromatic carbocycles. The van der Waals surface area contributed by atoms with E-state index in [1.807, 2.05) is 0 Å². The first-order valence-electron chi connectivity index (χ1n) is 22.4. The average molecular weight is 808 g/mol. The maximum atomic E-state index is 7.29. The lowest BCUT2D eigenvalue weighted by molar-refractivity contribution is 0.447. The molecule has 300 valence electrons. The van der Waals surface area contributed by atoms with Crippen molar-refractivity contribution in [3.8, 4) is 33.8 Å². The summed E-state index contributed by atoms with van der Waals surface area (Å²) in [5, 5.41) is 4.58. The molecule has 0 amide bonds. The molecular formula is C61H45NO. The SMILES string of the molecule is CC1C=CC2=C(C1)c1c(N(c3ccc(-c4ccccc4)cc3)c3cccc4c3-c3ccccc3C43c4ccc5ccccc5c4Oc4c3ccc3ccccc43)cccc1C2(C)C. The Hall–Kier alpha value is -7.42. The summed E-state index contributed by atoms with van der Waals surface area (Å²) in [6, 6.07) is 69.8. The van der Waals surface area contributed by atoms with Gasteiger partial charge in [0.05, 0.1) is 16.8 Å². The van der Waals surface area contributed by atoms with Crippen LogP contribution < -0.4 is 9.64 Å².